The van der Waals surface area contributed by atoms with Gasteiger partial charge in [-0.3, -0.25) is 14.5 Å². The van der Waals surface area contributed by atoms with Gasteiger partial charge < -0.3 is 20.4 Å². The third-order valence-corrected chi connectivity index (χ3v) is 8.53. The summed E-state index contributed by atoms with van der Waals surface area (Å²) in [4.78, 5) is 39.9. The van der Waals surface area contributed by atoms with Crippen molar-refractivity contribution in [3.63, 3.8) is 0 Å². The van der Waals surface area contributed by atoms with Gasteiger partial charge in [0, 0.05) is 69.2 Å². The number of piperidine rings is 1. The molecule has 2 aromatic rings. The Balaban J connectivity index is 1.47. The van der Waals surface area contributed by atoms with E-state index < -0.39 is 48.6 Å². The lowest BCUT2D eigenvalue weighted by Crippen LogP contribution is -2.55. The predicted octanol–water partition coefficient (Wildman–Crippen LogP) is 3.61. The van der Waals surface area contributed by atoms with Crippen LogP contribution in [0.25, 0.3) is 5.57 Å². The maximum Gasteiger partial charge on any atom is 0.393 e. The van der Waals surface area contributed by atoms with Gasteiger partial charge in [0.15, 0.2) is 0 Å². The second-order valence-corrected chi connectivity index (χ2v) is 11.5. The number of anilines is 3. The van der Waals surface area contributed by atoms with E-state index in [0.717, 1.165) is 5.56 Å². The Labute approximate surface area is 242 Å². The van der Waals surface area contributed by atoms with Gasteiger partial charge in [0.1, 0.15) is 5.82 Å². The number of nitrogens with one attached hydrogen (secondary N) is 2. The van der Waals surface area contributed by atoms with E-state index in [1.807, 2.05) is 43.7 Å². The number of carbonyl (C=O) groups is 2. The van der Waals surface area contributed by atoms with E-state index in [9.17, 15) is 22.8 Å². The molecule has 0 aliphatic carbocycles. The van der Waals surface area contributed by atoms with Crippen LogP contribution in [0.3, 0.4) is 0 Å². The molecule has 226 valence electrons. The normalized spacial score (nSPS) is 25.3. The zero-order valence-corrected chi connectivity index (χ0v) is 24.0. The summed E-state index contributed by atoms with van der Waals surface area (Å²) in [5, 5.41) is 5.08. The summed E-state index contributed by atoms with van der Waals surface area (Å²) < 4.78 is 57.3. The number of aryl methyl sites for hydroxylation is 1. The molecule has 42 heavy (non-hydrogen) atoms. The number of carbonyl (C=O) groups excluding carboxylic acids is 2. The lowest BCUT2D eigenvalue weighted by atomic mass is 9.84. The first-order chi connectivity index (χ1) is 19.8. The zero-order valence-electron chi connectivity index (χ0n) is 24.0. The lowest BCUT2D eigenvalue weighted by Gasteiger charge is -2.44. The predicted molar refractivity (Wildman–Crippen MR) is 152 cm³/mol. The van der Waals surface area contributed by atoms with E-state index in [2.05, 4.69) is 25.5 Å². The molecule has 2 amide bonds. The van der Waals surface area contributed by atoms with Gasteiger partial charge in [0.2, 0.25) is 17.8 Å². The Bertz CT molecular complexity index is 1370. The summed E-state index contributed by atoms with van der Waals surface area (Å²) in [5.74, 6) is -5.26. The van der Waals surface area contributed by atoms with Crippen molar-refractivity contribution in [1.82, 2.24) is 20.2 Å². The molecule has 1 aromatic heterocycles. The standard InChI is InChI=1S/C29H35F4N7O2/c1-16-10-35-28(36-11-16)39-6-5-19(15-39)20-7-24(25(9-23(20)30)40-13-17(2)38(4)18(3)14-40)37-27(42)21-12-34-26(41)8-22(21)29(31,32)33/h5,7,9-11,17-18,21-22H,6,8,12-15H2,1-4H3,(H,34,41)(H,37,42)/t17-,18+,21?,22?. The van der Waals surface area contributed by atoms with Crippen LogP contribution in [-0.2, 0) is 9.59 Å². The van der Waals surface area contributed by atoms with Crippen LogP contribution in [0, 0.1) is 24.6 Å². The second kappa shape index (κ2) is 11.5. The molecule has 9 nitrogen and oxygen atoms in total. The summed E-state index contributed by atoms with van der Waals surface area (Å²) in [5.41, 5.74) is 2.42. The SMILES string of the molecule is Cc1cnc(N2CC=C(c3cc(NC(=O)C4CNC(=O)CC4C(F)(F)F)c(N4C[C@@H](C)N(C)[C@@H](C)C4)cc3F)C2)nc1. The van der Waals surface area contributed by atoms with Crippen molar-refractivity contribution in [2.45, 2.75) is 45.5 Å². The molecule has 1 aromatic carbocycles. The lowest BCUT2D eigenvalue weighted by molar-refractivity contribution is -0.197. The molecule has 0 spiro atoms. The van der Waals surface area contributed by atoms with Gasteiger partial charge in [0.25, 0.3) is 0 Å². The van der Waals surface area contributed by atoms with Crippen molar-refractivity contribution in [3.05, 3.63) is 47.5 Å². The number of alkyl halides is 3. The highest BCUT2D eigenvalue weighted by atomic mass is 19.4. The summed E-state index contributed by atoms with van der Waals surface area (Å²) >= 11 is 0. The van der Waals surface area contributed by atoms with Crippen molar-refractivity contribution >= 4 is 34.7 Å². The molecule has 0 bridgehead atoms. The average molecular weight is 590 g/mol. The number of hydrogen-bond donors (Lipinski definition) is 2. The Morgan fingerprint density at radius 2 is 1.76 bits per heavy atom. The van der Waals surface area contributed by atoms with Crippen molar-refractivity contribution < 1.29 is 27.2 Å². The van der Waals surface area contributed by atoms with Gasteiger partial charge in [-0.25, -0.2) is 14.4 Å². The number of nitrogens with zero attached hydrogens (tertiary/aromatic N) is 5. The van der Waals surface area contributed by atoms with E-state index in [-0.39, 0.29) is 23.3 Å². The first-order valence-corrected chi connectivity index (χ1v) is 14.0. The number of aromatic nitrogens is 2. The van der Waals surface area contributed by atoms with Gasteiger partial charge in [-0.1, -0.05) is 6.08 Å². The van der Waals surface area contributed by atoms with Crippen LogP contribution in [0.5, 0.6) is 0 Å². The summed E-state index contributed by atoms with van der Waals surface area (Å²) in [7, 11) is 2.00. The third kappa shape index (κ3) is 6.06. The zero-order chi connectivity index (χ0) is 30.3. The largest absolute Gasteiger partial charge is 0.393 e. The number of hydrogen-bond acceptors (Lipinski definition) is 7. The molecule has 3 aliphatic rings. The molecule has 0 radical (unpaired) electrons. The number of piperazine rings is 1. The quantitative estimate of drug-likeness (QED) is 0.515. The van der Waals surface area contributed by atoms with Crippen LogP contribution in [-0.4, -0.2) is 84.7 Å². The minimum Gasteiger partial charge on any atom is -0.367 e. The number of halogens is 4. The first kappa shape index (κ1) is 29.7. The van der Waals surface area contributed by atoms with Crippen LogP contribution >= 0.6 is 0 Å². The molecule has 2 saturated heterocycles. The Kier molecular flexibility index (Phi) is 8.15. The maximum atomic E-state index is 15.8. The number of benzene rings is 1. The minimum absolute atomic E-state index is 0.115. The summed E-state index contributed by atoms with van der Waals surface area (Å²) in [6.45, 7) is 7.36. The van der Waals surface area contributed by atoms with E-state index >= 15 is 4.39 Å². The van der Waals surface area contributed by atoms with E-state index in [1.54, 1.807) is 12.4 Å². The fraction of sp³-hybridized carbons (Fsp3) is 0.517. The molecule has 2 unspecified atom stereocenters. The van der Waals surface area contributed by atoms with Gasteiger partial charge in [-0.05, 0) is 51.1 Å². The van der Waals surface area contributed by atoms with Crippen LogP contribution in [0.4, 0.5) is 34.9 Å². The number of amides is 2. The van der Waals surface area contributed by atoms with Gasteiger partial charge in [-0.2, -0.15) is 13.2 Å². The van der Waals surface area contributed by atoms with Crippen molar-refractivity contribution in [1.29, 1.82) is 0 Å². The Hall–Kier alpha value is -3.74. The van der Waals surface area contributed by atoms with Gasteiger partial charge in [0.05, 0.1) is 23.2 Å². The first-order valence-electron chi connectivity index (χ1n) is 14.0. The highest BCUT2D eigenvalue weighted by Gasteiger charge is 2.50. The second-order valence-electron chi connectivity index (χ2n) is 11.5. The monoisotopic (exact) mass is 589 g/mol. The van der Waals surface area contributed by atoms with Crippen LogP contribution in [0.2, 0.25) is 0 Å². The summed E-state index contributed by atoms with van der Waals surface area (Å²) in [6, 6.07) is 3.09. The van der Waals surface area contributed by atoms with Crippen molar-refractivity contribution in [3.8, 4) is 0 Å². The van der Waals surface area contributed by atoms with E-state index in [0.29, 0.717) is 43.4 Å². The van der Waals surface area contributed by atoms with Crippen molar-refractivity contribution in [2.24, 2.45) is 11.8 Å². The molecule has 0 saturated carbocycles. The molecule has 4 heterocycles. The maximum absolute atomic E-state index is 15.8. The molecular weight excluding hydrogens is 554 g/mol. The van der Waals surface area contributed by atoms with E-state index in [1.165, 1.54) is 12.1 Å². The third-order valence-electron chi connectivity index (χ3n) is 8.53. The van der Waals surface area contributed by atoms with E-state index in [4.69, 9.17) is 0 Å². The van der Waals surface area contributed by atoms with Gasteiger partial charge in [-0.15, -0.1) is 0 Å². The number of likely N-dealkylation sites (N-methyl/N-ethyl adjacent to an activating group) is 1. The molecule has 4 atom stereocenters. The minimum atomic E-state index is -4.73. The molecule has 2 fully saturated rings. The summed E-state index contributed by atoms with van der Waals surface area (Å²) in [6.07, 6.45) is -0.300. The average Bonchev–Trinajstić information content (AvgIpc) is 3.42. The molecule has 5 rings (SSSR count). The fourth-order valence-corrected chi connectivity index (χ4v) is 5.85. The fourth-order valence-electron chi connectivity index (χ4n) is 5.85. The Morgan fingerprint density at radius 1 is 1.10 bits per heavy atom. The van der Waals surface area contributed by atoms with Gasteiger partial charge >= 0.3 is 6.18 Å². The topological polar surface area (TPSA) is 93.7 Å². The van der Waals surface area contributed by atoms with Crippen LogP contribution < -0.4 is 20.4 Å². The number of rotatable bonds is 5. The molecular formula is C29H35F4N7O2. The van der Waals surface area contributed by atoms with Crippen LogP contribution in [0.1, 0.15) is 31.4 Å². The molecule has 3 aliphatic heterocycles. The highest BCUT2D eigenvalue weighted by Crippen LogP contribution is 2.39. The highest BCUT2D eigenvalue weighted by molar-refractivity contribution is 5.98. The smallest absolute Gasteiger partial charge is 0.367 e. The molecule has 13 heteroatoms. The van der Waals surface area contributed by atoms with Crippen LogP contribution in [0.15, 0.2) is 30.6 Å². The van der Waals surface area contributed by atoms with Crippen molar-refractivity contribution in [2.75, 3.05) is 54.9 Å². The molecule has 2 N–H and O–H groups in total. The Morgan fingerprint density at radius 3 is 2.40 bits per heavy atom.